The topological polar surface area (TPSA) is 124 Å². The van der Waals surface area contributed by atoms with Crippen molar-refractivity contribution in [3.8, 4) is 0 Å². The Morgan fingerprint density at radius 1 is 1.39 bits per heavy atom. The first-order chi connectivity index (χ1) is 13.2. The van der Waals surface area contributed by atoms with Crippen LogP contribution in [0.2, 0.25) is 0 Å². The Labute approximate surface area is 162 Å². The lowest BCUT2D eigenvalue weighted by Gasteiger charge is -2.31. The standard InChI is InChI=1S/C17H24N4O6S/c1-11-13(14-16(27-11)18-10-20(2)17(14)23)15(22)19-12-4-6-21(7-5-12)28(24,25)9-8-26-3/h10,12H,4-9H2,1-3H3,(H,19,22). The number of aryl methyl sites for hydroxylation is 2. The van der Waals surface area contributed by atoms with Gasteiger partial charge in [0, 0.05) is 33.3 Å². The van der Waals surface area contributed by atoms with E-state index < -0.39 is 15.9 Å². The lowest BCUT2D eigenvalue weighted by molar-refractivity contribution is 0.0923. The number of hydrogen-bond donors (Lipinski definition) is 1. The molecule has 10 nitrogen and oxygen atoms in total. The molecule has 2 aromatic rings. The van der Waals surface area contributed by atoms with Gasteiger partial charge in [-0.2, -0.15) is 0 Å². The summed E-state index contributed by atoms with van der Waals surface area (Å²) in [5.41, 5.74) is -0.0466. The molecule has 2 aromatic heterocycles. The zero-order chi connectivity index (χ0) is 20.5. The van der Waals surface area contributed by atoms with Crippen LogP contribution in [0.15, 0.2) is 15.5 Å². The van der Waals surface area contributed by atoms with E-state index in [1.165, 1.54) is 22.3 Å². The van der Waals surface area contributed by atoms with E-state index in [0.29, 0.717) is 31.7 Å². The molecule has 0 atom stereocenters. The van der Waals surface area contributed by atoms with E-state index in [0.717, 1.165) is 0 Å². The molecule has 0 aromatic carbocycles. The maximum Gasteiger partial charge on any atom is 0.265 e. The molecule has 1 fully saturated rings. The summed E-state index contributed by atoms with van der Waals surface area (Å²) in [6.45, 7) is 2.41. The van der Waals surface area contributed by atoms with E-state index in [2.05, 4.69) is 10.3 Å². The Bertz CT molecular complexity index is 1030. The highest BCUT2D eigenvalue weighted by Gasteiger charge is 2.30. The number of carbonyl (C=O) groups excluding carboxylic acids is 1. The van der Waals surface area contributed by atoms with Crippen LogP contribution in [0.3, 0.4) is 0 Å². The predicted octanol–water partition coefficient (Wildman–Crippen LogP) is 0.00532. The molecular formula is C17H24N4O6S. The fourth-order valence-corrected chi connectivity index (χ4v) is 4.72. The monoisotopic (exact) mass is 412 g/mol. The Balaban J connectivity index is 1.71. The molecule has 0 saturated carbocycles. The van der Waals surface area contributed by atoms with Gasteiger partial charge < -0.3 is 19.0 Å². The van der Waals surface area contributed by atoms with Gasteiger partial charge in [0.15, 0.2) is 0 Å². The molecule has 0 radical (unpaired) electrons. The van der Waals surface area contributed by atoms with Gasteiger partial charge >= 0.3 is 0 Å². The number of nitrogens with one attached hydrogen (secondary N) is 1. The Morgan fingerprint density at radius 2 is 2.07 bits per heavy atom. The molecule has 1 saturated heterocycles. The number of ether oxygens (including phenoxy) is 1. The van der Waals surface area contributed by atoms with Gasteiger partial charge in [0.1, 0.15) is 17.5 Å². The molecule has 3 rings (SSSR count). The van der Waals surface area contributed by atoms with Crippen LogP contribution >= 0.6 is 0 Å². The minimum absolute atomic E-state index is 0.0585. The van der Waals surface area contributed by atoms with Crippen LogP contribution in [0.4, 0.5) is 0 Å². The third-order valence-electron chi connectivity index (χ3n) is 4.90. The summed E-state index contributed by atoms with van der Waals surface area (Å²) in [5.74, 6) is -0.151. The SMILES string of the molecule is COCCS(=O)(=O)N1CCC(NC(=O)c2c(C)oc3ncn(C)c(=O)c23)CC1. The molecule has 1 amide bonds. The van der Waals surface area contributed by atoms with Crippen molar-refractivity contribution in [3.05, 3.63) is 28.0 Å². The molecule has 154 valence electrons. The fraction of sp³-hybridized carbons (Fsp3) is 0.588. The van der Waals surface area contributed by atoms with Crippen LogP contribution in [0.25, 0.3) is 11.1 Å². The van der Waals surface area contributed by atoms with E-state index in [9.17, 15) is 18.0 Å². The van der Waals surface area contributed by atoms with Crippen molar-refractivity contribution in [1.82, 2.24) is 19.2 Å². The number of sulfonamides is 1. The quantitative estimate of drug-likeness (QED) is 0.708. The molecule has 0 unspecified atom stereocenters. The molecular weight excluding hydrogens is 388 g/mol. The van der Waals surface area contributed by atoms with Crippen molar-refractivity contribution in [1.29, 1.82) is 0 Å². The number of furan rings is 1. The smallest absolute Gasteiger partial charge is 0.265 e. The number of carbonyl (C=O) groups is 1. The summed E-state index contributed by atoms with van der Waals surface area (Å²) in [6, 6.07) is -0.189. The zero-order valence-electron chi connectivity index (χ0n) is 16.1. The molecule has 11 heteroatoms. The molecule has 28 heavy (non-hydrogen) atoms. The molecule has 1 aliphatic rings. The first-order valence-electron chi connectivity index (χ1n) is 8.97. The van der Waals surface area contributed by atoms with Crippen LogP contribution in [0.1, 0.15) is 29.0 Å². The number of piperidine rings is 1. The highest BCUT2D eigenvalue weighted by atomic mass is 32.2. The number of nitrogens with zero attached hydrogens (tertiary/aromatic N) is 3. The van der Waals surface area contributed by atoms with E-state index in [4.69, 9.17) is 9.15 Å². The van der Waals surface area contributed by atoms with Gasteiger partial charge in [-0.1, -0.05) is 0 Å². The maximum absolute atomic E-state index is 12.8. The average molecular weight is 412 g/mol. The second-order valence-electron chi connectivity index (χ2n) is 6.83. The lowest BCUT2D eigenvalue weighted by atomic mass is 10.1. The highest BCUT2D eigenvalue weighted by molar-refractivity contribution is 7.89. The summed E-state index contributed by atoms with van der Waals surface area (Å²) in [5, 5.41) is 3.05. The van der Waals surface area contributed by atoms with Gasteiger partial charge in [0.25, 0.3) is 11.5 Å². The number of hydrogen-bond acceptors (Lipinski definition) is 7. The highest BCUT2D eigenvalue weighted by Crippen LogP contribution is 2.22. The summed E-state index contributed by atoms with van der Waals surface area (Å²) in [4.78, 5) is 29.2. The van der Waals surface area contributed by atoms with Gasteiger partial charge in [-0.05, 0) is 19.8 Å². The molecule has 0 aliphatic carbocycles. The second kappa shape index (κ2) is 8.02. The van der Waals surface area contributed by atoms with Crippen LogP contribution < -0.4 is 10.9 Å². The fourth-order valence-electron chi connectivity index (χ4n) is 3.31. The summed E-state index contributed by atoms with van der Waals surface area (Å²) < 4.78 is 37.5. The second-order valence-corrected chi connectivity index (χ2v) is 8.92. The average Bonchev–Trinajstić information content (AvgIpc) is 3.00. The number of fused-ring (bicyclic) bond motifs is 1. The largest absolute Gasteiger partial charge is 0.442 e. The van der Waals surface area contributed by atoms with Crippen molar-refractivity contribution in [2.45, 2.75) is 25.8 Å². The lowest BCUT2D eigenvalue weighted by Crippen LogP contribution is -2.47. The van der Waals surface area contributed by atoms with Crippen molar-refractivity contribution in [2.24, 2.45) is 7.05 Å². The number of methoxy groups -OCH3 is 1. The van der Waals surface area contributed by atoms with Crippen molar-refractivity contribution in [3.63, 3.8) is 0 Å². The predicted molar refractivity (Wildman–Crippen MR) is 102 cm³/mol. The molecule has 0 bridgehead atoms. The molecule has 3 heterocycles. The van der Waals surface area contributed by atoms with Crippen LogP contribution in [-0.4, -0.2) is 66.8 Å². The molecule has 1 aliphatic heterocycles. The van der Waals surface area contributed by atoms with Gasteiger partial charge in [-0.15, -0.1) is 0 Å². The first kappa shape index (κ1) is 20.5. The van der Waals surface area contributed by atoms with Crippen LogP contribution in [0, 0.1) is 6.92 Å². The zero-order valence-corrected chi connectivity index (χ0v) is 16.9. The summed E-state index contributed by atoms with van der Waals surface area (Å²) in [7, 11) is -0.344. The molecule has 0 spiro atoms. The van der Waals surface area contributed by atoms with Gasteiger partial charge in [0.2, 0.25) is 15.7 Å². The van der Waals surface area contributed by atoms with Crippen molar-refractivity contribution >= 4 is 27.0 Å². The van der Waals surface area contributed by atoms with Crippen LogP contribution in [0.5, 0.6) is 0 Å². The van der Waals surface area contributed by atoms with E-state index >= 15 is 0 Å². The van der Waals surface area contributed by atoms with Gasteiger partial charge in [-0.25, -0.2) is 17.7 Å². The Kier molecular flexibility index (Phi) is 5.87. The Morgan fingerprint density at radius 3 is 2.71 bits per heavy atom. The summed E-state index contributed by atoms with van der Waals surface area (Å²) >= 11 is 0. The molecule has 1 N–H and O–H groups in total. The minimum Gasteiger partial charge on any atom is -0.442 e. The van der Waals surface area contributed by atoms with E-state index in [1.807, 2.05) is 0 Å². The first-order valence-corrected chi connectivity index (χ1v) is 10.6. The third kappa shape index (κ3) is 3.96. The minimum atomic E-state index is -3.36. The van der Waals surface area contributed by atoms with Crippen molar-refractivity contribution in [2.75, 3.05) is 32.6 Å². The number of aromatic nitrogens is 2. The van der Waals surface area contributed by atoms with Gasteiger partial charge in [-0.3, -0.25) is 9.59 Å². The van der Waals surface area contributed by atoms with E-state index in [-0.39, 0.29) is 40.6 Å². The third-order valence-corrected chi connectivity index (χ3v) is 6.74. The number of rotatable bonds is 6. The number of amides is 1. The normalized spacial score (nSPS) is 16.5. The van der Waals surface area contributed by atoms with Gasteiger partial charge in [0.05, 0.1) is 17.9 Å². The summed E-state index contributed by atoms with van der Waals surface area (Å²) in [6.07, 6.45) is 2.32. The van der Waals surface area contributed by atoms with Crippen LogP contribution in [-0.2, 0) is 21.8 Å². The Hall–Kier alpha value is -2.24. The maximum atomic E-state index is 12.8. The van der Waals surface area contributed by atoms with E-state index in [1.54, 1.807) is 14.0 Å². The van der Waals surface area contributed by atoms with Crippen molar-refractivity contribution < 1.29 is 22.4 Å².